The van der Waals surface area contributed by atoms with Crippen molar-refractivity contribution in [1.82, 2.24) is 20.4 Å². The minimum Gasteiger partial charge on any atom is -0.493 e. The first kappa shape index (κ1) is 23.6. The number of rotatable bonds is 8. The normalized spacial score (nSPS) is 18.8. The van der Waals surface area contributed by atoms with E-state index in [9.17, 15) is 19.2 Å². The van der Waals surface area contributed by atoms with Gasteiger partial charge in [0.15, 0.2) is 0 Å². The predicted molar refractivity (Wildman–Crippen MR) is 118 cm³/mol. The highest BCUT2D eigenvalue weighted by Crippen LogP contribution is 2.19. The van der Waals surface area contributed by atoms with Crippen LogP contribution in [-0.4, -0.2) is 79.3 Å². The molecular weight excluding hydrogens is 412 g/mol. The molecule has 9 nitrogen and oxygen atoms in total. The Bertz CT molecular complexity index is 808. The average Bonchev–Trinajstić information content (AvgIpc) is 3.32. The molecular formula is C23H32N4O5. The van der Waals surface area contributed by atoms with Crippen LogP contribution in [0.25, 0.3) is 0 Å². The van der Waals surface area contributed by atoms with Gasteiger partial charge in [0.1, 0.15) is 11.8 Å². The molecule has 2 heterocycles. The summed E-state index contributed by atoms with van der Waals surface area (Å²) in [5, 5.41) is 5.30. The topological polar surface area (TPSA) is 108 Å². The number of hydrogen-bond donors (Lipinski definition) is 2. The molecule has 174 valence electrons. The summed E-state index contributed by atoms with van der Waals surface area (Å²) in [7, 11) is 1.55. The maximum atomic E-state index is 12.5. The van der Waals surface area contributed by atoms with Crippen LogP contribution in [0.1, 0.15) is 32.1 Å². The molecule has 2 fully saturated rings. The van der Waals surface area contributed by atoms with Gasteiger partial charge in [-0.3, -0.25) is 19.2 Å². The van der Waals surface area contributed by atoms with Crippen LogP contribution in [0.4, 0.5) is 0 Å². The van der Waals surface area contributed by atoms with E-state index in [4.69, 9.17) is 4.74 Å². The highest BCUT2D eigenvalue weighted by molar-refractivity contribution is 5.91. The van der Waals surface area contributed by atoms with Gasteiger partial charge < -0.3 is 25.2 Å². The van der Waals surface area contributed by atoms with Crippen molar-refractivity contribution in [3.8, 4) is 5.75 Å². The van der Waals surface area contributed by atoms with Gasteiger partial charge in [-0.15, -0.1) is 0 Å². The monoisotopic (exact) mass is 444 g/mol. The van der Waals surface area contributed by atoms with Crippen molar-refractivity contribution >= 4 is 23.6 Å². The van der Waals surface area contributed by atoms with Crippen molar-refractivity contribution in [2.24, 2.45) is 5.92 Å². The minimum absolute atomic E-state index is 0.0178. The van der Waals surface area contributed by atoms with E-state index in [2.05, 4.69) is 10.6 Å². The lowest BCUT2D eigenvalue weighted by molar-refractivity contribution is -0.139. The molecule has 1 aromatic carbocycles. The Labute approximate surface area is 188 Å². The number of piperidine rings is 1. The van der Waals surface area contributed by atoms with Crippen molar-refractivity contribution in [1.29, 1.82) is 0 Å². The largest absolute Gasteiger partial charge is 0.493 e. The van der Waals surface area contributed by atoms with E-state index in [1.807, 2.05) is 30.3 Å². The Morgan fingerprint density at radius 1 is 0.969 bits per heavy atom. The number of likely N-dealkylation sites (tertiary alicyclic amines) is 2. The van der Waals surface area contributed by atoms with Crippen molar-refractivity contribution < 1.29 is 23.9 Å². The third-order valence-corrected chi connectivity index (χ3v) is 6.08. The van der Waals surface area contributed by atoms with Crippen LogP contribution in [0.15, 0.2) is 30.3 Å². The third kappa shape index (κ3) is 6.21. The molecule has 4 amide bonds. The molecule has 2 aliphatic rings. The minimum atomic E-state index is -0.454. The number of amides is 4. The molecule has 1 unspecified atom stereocenters. The molecule has 0 aliphatic carbocycles. The maximum absolute atomic E-state index is 12.5. The van der Waals surface area contributed by atoms with Crippen LogP contribution in [0.5, 0.6) is 5.75 Å². The molecule has 32 heavy (non-hydrogen) atoms. The molecule has 1 atom stereocenters. The zero-order valence-corrected chi connectivity index (χ0v) is 18.5. The molecule has 0 radical (unpaired) electrons. The number of likely N-dealkylation sites (N-methyl/N-ethyl adjacent to an activating group) is 1. The van der Waals surface area contributed by atoms with Crippen molar-refractivity contribution in [3.63, 3.8) is 0 Å². The molecule has 0 bridgehead atoms. The molecule has 9 heteroatoms. The van der Waals surface area contributed by atoms with Crippen LogP contribution in [0, 0.1) is 5.92 Å². The van der Waals surface area contributed by atoms with Gasteiger partial charge in [0, 0.05) is 32.6 Å². The zero-order chi connectivity index (χ0) is 22.9. The summed E-state index contributed by atoms with van der Waals surface area (Å²) in [4.78, 5) is 52.6. The number of nitrogens with one attached hydrogen (secondary N) is 2. The Morgan fingerprint density at radius 3 is 2.38 bits per heavy atom. The van der Waals surface area contributed by atoms with E-state index >= 15 is 0 Å². The van der Waals surface area contributed by atoms with Gasteiger partial charge in [-0.2, -0.15) is 0 Å². The number of hydrogen-bond acceptors (Lipinski definition) is 5. The lowest BCUT2D eigenvalue weighted by Crippen LogP contribution is -2.49. The fourth-order valence-electron chi connectivity index (χ4n) is 4.24. The van der Waals surface area contributed by atoms with E-state index in [-0.39, 0.29) is 36.1 Å². The SMILES string of the molecule is CNC(=O)C1CCCN1C(=O)CNC(=O)C1CCN(C(=O)CCOc2ccccc2)CC1. The molecule has 0 aromatic heterocycles. The Balaban J connectivity index is 1.35. The summed E-state index contributed by atoms with van der Waals surface area (Å²) in [6, 6.07) is 8.91. The highest BCUT2D eigenvalue weighted by atomic mass is 16.5. The van der Waals surface area contributed by atoms with Crippen LogP contribution in [0.2, 0.25) is 0 Å². The van der Waals surface area contributed by atoms with Gasteiger partial charge in [-0.1, -0.05) is 18.2 Å². The predicted octanol–water partition coefficient (Wildman–Crippen LogP) is 0.547. The second-order valence-corrected chi connectivity index (χ2v) is 8.14. The summed E-state index contributed by atoms with van der Waals surface area (Å²) < 4.78 is 5.58. The summed E-state index contributed by atoms with van der Waals surface area (Å²) >= 11 is 0. The Kier molecular flexibility index (Phi) is 8.47. The Morgan fingerprint density at radius 2 is 1.69 bits per heavy atom. The van der Waals surface area contributed by atoms with Crippen molar-refractivity contribution in [2.75, 3.05) is 39.8 Å². The summed E-state index contributed by atoms with van der Waals surface area (Å²) in [5.41, 5.74) is 0. The van der Waals surface area contributed by atoms with E-state index in [1.165, 1.54) is 4.90 Å². The molecule has 2 aliphatic heterocycles. The first-order valence-corrected chi connectivity index (χ1v) is 11.2. The lowest BCUT2D eigenvalue weighted by atomic mass is 9.95. The number of nitrogens with zero attached hydrogens (tertiary/aromatic N) is 2. The van der Waals surface area contributed by atoms with E-state index in [0.717, 1.165) is 12.2 Å². The quantitative estimate of drug-likeness (QED) is 0.609. The third-order valence-electron chi connectivity index (χ3n) is 6.08. The molecule has 2 saturated heterocycles. The van der Waals surface area contributed by atoms with Gasteiger partial charge in [-0.05, 0) is 37.8 Å². The van der Waals surface area contributed by atoms with E-state index in [0.29, 0.717) is 51.9 Å². The number of benzene rings is 1. The first-order chi connectivity index (χ1) is 15.5. The van der Waals surface area contributed by atoms with Crippen molar-refractivity contribution in [2.45, 2.75) is 38.1 Å². The summed E-state index contributed by atoms with van der Waals surface area (Å²) in [6.45, 7) is 1.77. The number of ether oxygens (including phenoxy) is 1. The smallest absolute Gasteiger partial charge is 0.242 e. The zero-order valence-electron chi connectivity index (χ0n) is 18.5. The summed E-state index contributed by atoms with van der Waals surface area (Å²) in [6.07, 6.45) is 2.84. The van der Waals surface area contributed by atoms with Gasteiger partial charge in [0.25, 0.3) is 0 Å². The molecule has 0 spiro atoms. The second-order valence-electron chi connectivity index (χ2n) is 8.14. The highest BCUT2D eigenvalue weighted by Gasteiger charge is 2.34. The van der Waals surface area contributed by atoms with Crippen molar-refractivity contribution in [3.05, 3.63) is 30.3 Å². The number of para-hydroxylation sites is 1. The van der Waals surface area contributed by atoms with Crippen LogP contribution >= 0.6 is 0 Å². The lowest BCUT2D eigenvalue weighted by Gasteiger charge is -2.31. The number of carbonyl (C=O) groups excluding carboxylic acids is 4. The maximum Gasteiger partial charge on any atom is 0.242 e. The average molecular weight is 445 g/mol. The van der Waals surface area contributed by atoms with Crippen LogP contribution in [0.3, 0.4) is 0 Å². The molecule has 1 aromatic rings. The molecule has 3 rings (SSSR count). The van der Waals surface area contributed by atoms with Gasteiger partial charge >= 0.3 is 0 Å². The number of carbonyl (C=O) groups is 4. The Hall–Kier alpha value is -3.10. The van der Waals surface area contributed by atoms with E-state index < -0.39 is 6.04 Å². The first-order valence-electron chi connectivity index (χ1n) is 11.2. The standard InChI is InChI=1S/C23H32N4O5/c1-24-23(31)19-8-5-12-27(19)21(29)16-25-22(30)17-9-13-26(14-10-17)20(28)11-15-32-18-6-3-2-4-7-18/h2-4,6-7,17,19H,5,8-16H2,1H3,(H,24,31)(H,25,30). The fraction of sp³-hybridized carbons (Fsp3) is 0.565. The van der Waals surface area contributed by atoms with Gasteiger partial charge in [0.2, 0.25) is 23.6 Å². The fourth-order valence-corrected chi connectivity index (χ4v) is 4.24. The molecule has 2 N–H and O–H groups in total. The van der Waals surface area contributed by atoms with Gasteiger partial charge in [-0.25, -0.2) is 0 Å². The summed E-state index contributed by atoms with van der Waals surface area (Å²) in [5.74, 6) is -0.0526. The van der Waals surface area contributed by atoms with Gasteiger partial charge in [0.05, 0.1) is 19.6 Å². The van der Waals surface area contributed by atoms with Crippen LogP contribution < -0.4 is 15.4 Å². The molecule has 0 saturated carbocycles. The van der Waals surface area contributed by atoms with Crippen LogP contribution in [-0.2, 0) is 19.2 Å². The van der Waals surface area contributed by atoms with E-state index in [1.54, 1.807) is 11.9 Å². The second kappa shape index (κ2) is 11.5.